The van der Waals surface area contributed by atoms with Gasteiger partial charge in [-0.15, -0.1) is 0 Å². The number of likely N-dealkylation sites (tertiary alicyclic amines) is 1. The molecule has 1 aliphatic carbocycles. The van der Waals surface area contributed by atoms with Crippen molar-refractivity contribution in [3.05, 3.63) is 11.6 Å². The first kappa shape index (κ1) is 19.8. The van der Waals surface area contributed by atoms with E-state index in [1.165, 1.54) is 76.6 Å². The Morgan fingerprint density at radius 2 is 2.11 bits per heavy atom. The van der Waals surface area contributed by atoms with E-state index in [2.05, 4.69) is 26.7 Å². The molecule has 5 atom stereocenters. The summed E-state index contributed by atoms with van der Waals surface area (Å²) in [5.41, 5.74) is 1.63. The fourth-order valence-corrected chi connectivity index (χ4v) is 9.64. The van der Waals surface area contributed by atoms with Crippen molar-refractivity contribution < 1.29 is 4.79 Å². The zero-order chi connectivity index (χ0) is 18.9. The molecule has 0 aromatic heterocycles. The first-order valence-electron chi connectivity index (χ1n) is 11.8. The minimum absolute atomic E-state index is 0.433. The van der Waals surface area contributed by atoms with E-state index in [4.69, 9.17) is 0 Å². The second kappa shape index (κ2) is 8.93. The lowest BCUT2D eigenvalue weighted by atomic mass is 9.68. The highest BCUT2D eigenvalue weighted by molar-refractivity contribution is 8.77. The predicted molar refractivity (Wildman–Crippen MR) is 121 cm³/mol. The van der Waals surface area contributed by atoms with E-state index in [-0.39, 0.29) is 0 Å². The van der Waals surface area contributed by atoms with Gasteiger partial charge in [0.15, 0.2) is 0 Å². The number of hydrogen-bond acceptors (Lipinski definition) is 4. The van der Waals surface area contributed by atoms with Crippen LogP contribution in [0.25, 0.3) is 0 Å². The summed E-state index contributed by atoms with van der Waals surface area (Å²) in [6.45, 7) is 3.53. The summed E-state index contributed by atoms with van der Waals surface area (Å²) in [4.78, 5) is 18.3. The van der Waals surface area contributed by atoms with E-state index in [1.54, 1.807) is 5.57 Å². The number of amides is 1. The largest absolute Gasteiger partial charge is 0.336 e. The maximum atomic E-state index is 13.2. The van der Waals surface area contributed by atoms with Crippen molar-refractivity contribution in [1.29, 1.82) is 0 Å². The minimum atomic E-state index is 0.433. The number of unbranched alkanes of at least 4 members (excludes halogenated alkanes) is 1. The van der Waals surface area contributed by atoms with Gasteiger partial charge in [0.25, 0.3) is 0 Å². The van der Waals surface area contributed by atoms with Crippen molar-refractivity contribution >= 4 is 27.5 Å². The molecule has 5 rings (SSSR count). The Balaban J connectivity index is 1.21. The summed E-state index contributed by atoms with van der Waals surface area (Å²) in [6, 6.07) is 1.23. The maximum absolute atomic E-state index is 13.2. The first-order chi connectivity index (χ1) is 13.8. The summed E-state index contributed by atoms with van der Waals surface area (Å²) < 4.78 is 0. The van der Waals surface area contributed by atoms with E-state index < -0.39 is 0 Å². The Hall–Kier alpha value is -0.130. The van der Waals surface area contributed by atoms with Crippen LogP contribution in [-0.4, -0.2) is 58.4 Å². The second-order valence-corrected chi connectivity index (χ2v) is 12.5. The summed E-state index contributed by atoms with van der Waals surface area (Å²) >= 11 is 0. The third kappa shape index (κ3) is 4.05. The van der Waals surface area contributed by atoms with E-state index in [9.17, 15) is 4.79 Å². The monoisotopic (exact) mass is 420 g/mol. The van der Waals surface area contributed by atoms with Crippen molar-refractivity contribution in [2.75, 3.05) is 25.4 Å². The molecule has 5 heteroatoms. The maximum Gasteiger partial charge on any atom is 0.223 e. The van der Waals surface area contributed by atoms with Crippen LogP contribution in [0.5, 0.6) is 0 Å². The van der Waals surface area contributed by atoms with Gasteiger partial charge in [0.1, 0.15) is 0 Å². The van der Waals surface area contributed by atoms with E-state index in [0.717, 1.165) is 36.6 Å². The summed E-state index contributed by atoms with van der Waals surface area (Å²) in [5, 5.41) is 0.847. The molecule has 1 amide bonds. The lowest BCUT2D eigenvalue weighted by molar-refractivity contribution is -0.136. The molecule has 4 heterocycles. The molecule has 156 valence electrons. The quantitative estimate of drug-likeness (QED) is 0.350. The van der Waals surface area contributed by atoms with Crippen LogP contribution in [0.4, 0.5) is 0 Å². The van der Waals surface area contributed by atoms with Crippen LogP contribution >= 0.6 is 21.6 Å². The van der Waals surface area contributed by atoms with Crippen molar-refractivity contribution in [3.8, 4) is 0 Å². The number of carbonyl (C=O) groups is 1. The van der Waals surface area contributed by atoms with Gasteiger partial charge < -0.3 is 4.90 Å². The van der Waals surface area contributed by atoms with Gasteiger partial charge in [0, 0.05) is 36.6 Å². The third-order valence-corrected chi connectivity index (χ3v) is 10.9. The molecule has 4 fully saturated rings. The van der Waals surface area contributed by atoms with Crippen LogP contribution < -0.4 is 0 Å². The highest BCUT2D eigenvalue weighted by Gasteiger charge is 2.46. The molecule has 0 radical (unpaired) electrons. The number of rotatable bonds is 5. The van der Waals surface area contributed by atoms with Gasteiger partial charge in [0.2, 0.25) is 5.91 Å². The van der Waals surface area contributed by atoms with Crippen molar-refractivity contribution in [2.45, 2.75) is 88.0 Å². The first-order valence-corrected chi connectivity index (χ1v) is 14.2. The molecule has 28 heavy (non-hydrogen) atoms. The molecular formula is C23H36N2OS2. The number of fused-ring (bicyclic) bond motifs is 6. The van der Waals surface area contributed by atoms with Gasteiger partial charge in [-0.2, -0.15) is 0 Å². The van der Waals surface area contributed by atoms with Gasteiger partial charge in [-0.1, -0.05) is 46.1 Å². The normalized spacial score (nSPS) is 37.9. The molecule has 0 aromatic rings. The zero-order valence-corrected chi connectivity index (χ0v) is 18.8. The summed E-state index contributed by atoms with van der Waals surface area (Å²) in [5.74, 6) is 3.22. The molecule has 4 saturated heterocycles. The number of hydrogen-bond donors (Lipinski definition) is 0. The zero-order valence-electron chi connectivity index (χ0n) is 17.2. The second-order valence-electron chi connectivity index (χ2n) is 9.67. The molecule has 0 saturated carbocycles. The van der Waals surface area contributed by atoms with Gasteiger partial charge in [-0.3, -0.25) is 9.69 Å². The molecule has 3 unspecified atom stereocenters. The molecular weight excluding hydrogens is 384 g/mol. The Kier molecular flexibility index (Phi) is 6.32. The molecule has 4 aliphatic heterocycles. The van der Waals surface area contributed by atoms with Crippen LogP contribution in [-0.2, 0) is 4.79 Å². The number of carbonyl (C=O) groups excluding carboxylic acids is 1. The molecule has 0 spiro atoms. The molecule has 5 aliphatic rings. The fraction of sp³-hybridized carbons (Fsp3) is 0.870. The average Bonchev–Trinajstić information content (AvgIpc) is 3.24. The Labute approximate surface area is 178 Å². The lowest BCUT2D eigenvalue weighted by Gasteiger charge is -2.54. The molecule has 0 aromatic carbocycles. The molecule has 3 nitrogen and oxygen atoms in total. The number of nitrogens with zero attached hydrogens (tertiary/aromatic N) is 2. The van der Waals surface area contributed by atoms with Crippen LogP contribution in [0.15, 0.2) is 11.6 Å². The van der Waals surface area contributed by atoms with Crippen molar-refractivity contribution in [2.24, 2.45) is 11.8 Å². The SMILES string of the molecule is O=C(CCCCC1CCSS1)N1CCCC2=CC3CC(CN4CCCC[C@H]34)[C@@H]21. The third-order valence-electron chi connectivity index (χ3n) is 7.87. The highest BCUT2D eigenvalue weighted by atomic mass is 33.1. The van der Waals surface area contributed by atoms with Crippen LogP contribution in [0, 0.1) is 11.8 Å². The number of piperidine rings is 3. The van der Waals surface area contributed by atoms with Crippen LogP contribution in [0.3, 0.4) is 0 Å². The highest BCUT2D eigenvalue weighted by Crippen LogP contribution is 2.45. The fourth-order valence-electron chi connectivity index (χ4n) is 6.61. The summed E-state index contributed by atoms with van der Waals surface area (Å²) in [6.07, 6.45) is 16.3. The van der Waals surface area contributed by atoms with Crippen LogP contribution in [0.1, 0.15) is 70.6 Å². The average molecular weight is 421 g/mol. The van der Waals surface area contributed by atoms with E-state index in [0.29, 0.717) is 17.9 Å². The topological polar surface area (TPSA) is 23.6 Å². The van der Waals surface area contributed by atoms with Gasteiger partial charge in [-0.25, -0.2) is 0 Å². The van der Waals surface area contributed by atoms with Crippen LogP contribution in [0.2, 0.25) is 0 Å². The Bertz CT molecular complexity index is 603. The summed E-state index contributed by atoms with van der Waals surface area (Å²) in [7, 11) is 4.10. The standard InChI is InChI=1S/C23H36N2OS2/c26-22(9-2-1-7-20-10-13-27-28-20)25-12-5-6-17-14-18-15-19(23(17)25)16-24-11-4-3-8-21(18)24/h14,18-21,23H,1-13,15-16H2/t18?,19?,20?,21-,23-/m1/s1. The van der Waals surface area contributed by atoms with E-state index >= 15 is 0 Å². The Morgan fingerprint density at radius 1 is 1.14 bits per heavy atom. The van der Waals surface area contributed by atoms with Gasteiger partial charge in [-0.05, 0) is 69.7 Å². The van der Waals surface area contributed by atoms with E-state index in [1.807, 2.05) is 10.8 Å². The smallest absolute Gasteiger partial charge is 0.223 e. The lowest BCUT2D eigenvalue weighted by Crippen LogP contribution is -2.60. The van der Waals surface area contributed by atoms with Crippen molar-refractivity contribution in [3.63, 3.8) is 0 Å². The molecule has 0 N–H and O–H groups in total. The van der Waals surface area contributed by atoms with Gasteiger partial charge in [0.05, 0.1) is 6.04 Å². The Morgan fingerprint density at radius 3 is 3.00 bits per heavy atom. The van der Waals surface area contributed by atoms with Crippen molar-refractivity contribution in [1.82, 2.24) is 9.80 Å². The van der Waals surface area contributed by atoms with Gasteiger partial charge >= 0.3 is 0 Å². The minimum Gasteiger partial charge on any atom is -0.336 e. The molecule has 2 bridgehead atoms. The predicted octanol–water partition coefficient (Wildman–Crippen LogP) is 5.12.